The topological polar surface area (TPSA) is 24.9 Å². The maximum atomic E-state index is 6.11. The summed E-state index contributed by atoms with van der Waals surface area (Å²) in [4.78, 5) is 4.28. The van der Waals surface area contributed by atoms with Gasteiger partial charge in [-0.1, -0.05) is 18.0 Å². The van der Waals surface area contributed by atoms with E-state index in [-0.39, 0.29) is 0 Å². The largest absolute Gasteiger partial charge is 0.366 e. The summed E-state index contributed by atoms with van der Waals surface area (Å²) in [6.07, 6.45) is 5.31. The number of rotatable bonds is 3. The SMILES string of the molecule is ClCC1CCCC1Nc1ncc(Br)cc1Cl. The molecule has 2 nitrogen and oxygen atoms in total. The first-order chi connectivity index (χ1) is 7.70. The highest BCUT2D eigenvalue weighted by Gasteiger charge is 2.27. The molecule has 0 aliphatic heterocycles. The van der Waals surface area contributed by atoms with Gasteiger partial charge in [0.15, 0.2) is 0 Å². The van der Waals surface area contributed by atoms with Crippen molar-refractivity contribution in [3.05, 3.63) is 21.8 Å². The van der Waals surface area contributed by atoms with Gasteiger partial charge in [0.05, 0.1) is 5.02 Å². The van der Waals surface area contributed by atoms with Crippen LogP contribution in [-0.4, -0.2) is 16.9 Å². The van der Waals surface area contributed by atoms with Gasteiger partial charge in [0.1, 0.15) is 5.82 Å². The van der Waals surface area contributed by atoms with Crippen LogP contribution in [0.1, 0.15) is 19.3 Å². The zero-order valence-corrected chi connectivity index (χ0v) is 11.8. The van der Waals surface area contributed by atoms with E-state index in [1.807, 2.05) is 6.07 Å². The molecule has 1 aliphatic rings. The molecule has 0 spiro atoms. The maximum absolute atomic E-state index is 6.11. The number of pyridine rings is 1. The molecule has 16 heavy (non-hydrogen) atoms. The first kappa shape index (κ1) is 12.5. The Balaban J connectivity index is 2.08. The van der Waals surface area contributed by atoms with Crippen molar-refractivity contribution in [2.75, 3.05) is 11.2 Å². The van der Waals surface area contributed by atoms with Gasteiger partial charge in [-0.15, -0.1) is 11.6 Å². The maximum Gasteiger partial charge on any atom is 0.145 e. The molecule has 0 radical (unpaired) electrons. The van der Waals surface area contributed by atoms with Crippen LogP contribution in [0.15, 0.2) is 16.7 Å². The molecule has 2 unspecified atom stereocenters. The minimum atomic E-state index is 0.406. The summed E-state index contributed by atoms with van der Waals surface area (Å²) in [5.41, 5.74) is 0. The van der Waals surface area contributed by atoms with Crippen molar-refractivity contribution >= 4 is 44.9 Å². The molecule has 0 saturated heterocycles. The molecule has 1 saturated carbocycles. The van der Waals surface area contributed by atoms with Gasteiger partial charge in [-0.05, 0) is 40.8 Å². The molecular weight excluding hydrogens is 311 g/mol. The van der Waals surface area contributed by atoms with Crippen LogP contribution in [0.25, 0.3) is 0 Å². The van der Waals surface area contributed by atoms with Gasteiger partial charge in [0.25, 0.3) is 0 Å². The standard InChI is InChI=1S/C11H13BrCl2N2/c12-8-4-9(14)11(15-6-8)16-10-3-1-2-7(10)5-13/h4,6-7,10H,1-3,5H2,(H,15,16). The second kappa shape index (κ2) is 5.56. The van der Waals surface area contributed by atoms with Gasteiger partial charge in [-0.25, -0.2) is 4.98 Å². The van der Waals surface area contributed by atoms with Crippen molar-refractivity contribution in [2.24, 2.45) is 5.92 Å². The molecule has 5 heteroatoms. The molecular formula is C11H13BrCl2N2. The molecule has 1 aromatic heterocycles. The summed E-state index contributed by atoms with van der Waals surface area (Å²) < 4.78 is 0.892. The molecule has 1 fully saturated rings. The first-order valence-electron chi connectivity index (χ1n) is 5.34. The third-order valence-corrected chi connectivity index (χ3v) is 4.11. The van der Waals surface area contributed by atoms with E-state index in [0.717, 1.165) is 16.7 Å². The summed E-state index contributed by atoms with van der Waals surface area (Å²) in [6, 6.07) is 2.25. The van der Waals surface area contributed by atoms with Crippen LogP contribution in [0.5, 0.6) is 0 Å². The van der Waals surface area contributed by atoms with Crippen molar-refractivity contribution in [2.45, 2.75) is 25.3 Å². The first-order valence-corrected chi connectivity index (χ1v) is 7.05. The Kier molecular flexibility index (Phi) is 4.34. The normalized spacial score (nSPS) is 24.7. The van der Waals surface area contributed by atoms with E-state index >= 15 is 0 Å². The van der Waals surface area contributed by atoms with Crippen LogP contribution in [0.4, 0.5) is 5.82 Å². The minimum Gasteiger partial charge on any atom is -0.366 e. The van der Waals surface area contributed by atoms with E-state index in [0.29, 0.717) is 22.9 Å². The molecule has 1 heterocycles. The molecule has 0 aromatic carbocycles. The number of anilines is 1. The molecule has 2 rings (SSSR count). The van der Waals surface area contributed by atoms with Crippen LogP contribution >= 0.6 is 39.1 Å². The zero-order chi connectivity index (χ0) is 11.5. The average molecular weight is 324 g/mol. The molecule has 2 atom stereocenters. The van der Waals surface area contributed by atoms with E-state index < -0.39 is 0 Å². The van der Waals surface area contributed by atoms with Gasteiger partial charge >= 0.3 is 0 Å². The number of alkyl halides is 1. The van der Waals surface area contributed by atoms with Crippen molar-refractivity contribution in [3.63, 3.8) is 0 Å². The lowest BCUT2D eigenvalue weighted by molar-refractivity contribution is 0.561. The summed E-state index contributed by atoms with van der Waals surface area (Å²) in [7, 11) is 0. The van der Waals surface area contributed by atoms with Gasteiger partial charge in [0, 0.05) is 22.6 Å². The predicted molar refractivity (Wildman–Crippen MR) is 72.4 cm³/mol. The third kappa shape index (κ3) is 2.82. The fourth-order valence-corrected chi connectivity index (χ4v) is 3.16. The second-order valence-corrected chi connectivity index (χ2v) is 5.71. The fraction of sp³-hybridized carbons (Fsp3) is 0.545. The fourth-order valence-electron chi connectivity index (χ4n) is 2.11. The molecule has 88 valence electrons. The van der Waals surface area contributed by atoms with Gasteiger partial charge in [-0.3, -0.25) is 0 Å². The average Bonchev–Trinajstić information content (AvgIpc) is 2.69. The smallest absolute Gasteiger partial charge is 0.145 e. The Morgan fingerprint density at radius 2 is 2.31 bits per heavy atom. The van der Waals surface area contributed by atoms with Crippen LogP contribution in [-0.2, 0) is 0 Å². The molecule has 0 amide bonds. The van der Waals surface area contributed by atoms with Crippen LogP contribution in [0.2, 0.25) is 5.02 Å². The monoisotopic (exact) mass is 322 g/mol. The van der Waals surface area contributed by atoms with Gasteiger partial charge < -0.3 is 5.32 Å². The van der Waals surface area contributed by atoms with Crippen molar-refractivity contribution < 1.29 is 0 Å². The summed E-state index contributed by atoms with van der Waals surface area (Å²) in [6.45, 7) is 0. The zero-order valence-electron chi connectivity index (χ0n) is 8.72. The summed E-state index contributed by atoms with van der Waals surface area (Å²) >= 11 is 15.4. The summed E-state index contributed by atoms with van der Waals surface area (Å²) in [5, 5.41) is 4.04. The molecule has 1 aromatic rings. The van der Waals surface area contributed by atoms with Gasteiger partial charge in [0.2, 0.25) is 0 Å². The van der Waals surface area contributed by atoms with E-state index in [9.17, 15) is 0 Å². The van der Waals surface area contributed by atoms with Crippen molar-refractivity contribution in [3.8, 4) is 0 Å². The lowest BCUT2D eigenvalue weighted by atomic mass is 10.1. The molecule has 1 aliphatic carbocycles. The van der Waals surface area contributed by atoms with E-state index in [1.54, 1.807) is 6.20 Å². The third-order valence-electron chi connectivity index (χ3n) is 2.99. The Bertz CT molecular complexity index is 373. The number of nitrogens with one attached hydrogen (secondary N) is 1. The van der Waals surface area contributed by atoms with Gasteiger partial charge in [-0.2, -0.15) is 0 Å². The van der Waals surface area contributed by atoms with E-state index in [4.69, 9.17) is 23.2 Å². The van der Waals surface area contributed by atoms with Crippen molar-refractivity contribution in [1.82, 2.24) is 4.98 Å². The van der Waals surface area contributed by atoms with E-state index in [1.165, 1.54) is 12.8 Å². The molecule has 1 N–H and O–H groups in total. The Labute approximate surface area is 114 Å². The Morgan fingerprint density at radius 1 is 1.50 bits per heavy atom. The van der Waals surface area contributed by atoms with Crippen molar-refractivity contribution in [1.29, 1.82) is 0 Å². The lowest BCUT2D eigenvalue weighted by Crippen LogP contribution is -2.25. The highest BCUT2D eigenvalue weighted by molar-refractivity contribution is 9.10. The number of halogens is 3. The Morgan fingerprint density at radius 3 is 3.00 bits per heavy atom. The van der Waals surface area contributed by atoms with Crippen LogP contribution in [0.3, 0.4) is 0 Å². The highest BCUT2D eigenvalue weighted by atomic mass is 79.9. The number of nitrogens with zero attached hydrogens (tertiary/aromatic N) is 1. The molecule has 0 bridgehead atoms. The minimum absolute atomic E-state index is 0.406. The van der Waals surface area contributed by atoms with Crippen LogP contribution in [0, 0.1) is 5.92 Å². The summed E-state index contributed by atoms with van der Waals surface area (Å²) in [5.74, 6) is 1.99. The van der Waals surface area contributed by atoms with E-state index in [2.05, 4.69) is 26.2 Å². The predicted octanol–water partition coefficient (Wildman–Crippen LogP) is 4.32. The lowest BCUT2D eigenvalue weighted by Gasteiger charge is -2.20. The highest BCUT2D eigenvalue weighted by Crippen LogP contribution is 2.31. The number of hydrogen-bond donors (Lipinski definition) is 1. The van der Waals surface area contributed by atoms with Crippen LogP contribution < -0.4 is 5.32 Å². The number of hydrogen-bond acceptors (Lipinski definition) is 2. The Hall–Kier alpha value is 0.01000. The quantitative estimate of drug-likeness (QED) is 0.838. The second-order valence-electron chi connectivity index (χ2n) is 4.08. The number of aromatic nitrogens is 1.